The Balaban J connectivity index is 2.65. The Labute approximate surface area is 86.4 Å². The van der Waals surface area contributed by atoms with Gasteiger partial charge in [-0.25, -0.2) is 0 Å². The monoisotopic (exact) mass is 182 g/mol. The van der Waals surface area contributed by atoms with E-state index >= 15 is 0 Å². The third kappa shape index (κ3) is 1.55. The Morgan fingerprint density at radius 3 is 2.57 bits per heavy atom. The lowest BCUT2D eigenvalue weighted by Crippen LogP contribution is -1.96. The molecular weight excluding hydrogens is 167 g/mol. The summed E-state index contributed by atoms with van der Waals surface area (Å²) in [5.74, 6) is 0.654. The van der Waals surface area contributed by atoms with Gasteiger partial charge >= 0.3 is 0 Å². The van der Waals surface area contributed by atoms with Crippen LogP contribution in [0.1, 0.15) is 24.7 Å². The van der Waals surface area contributed by atoms with Gasteiger partial charge in [0.2, 0.25) is 0 Å². The summed E-state index contributed by atoms with van der Waals surface area (Å²) in [4.78, 5) is 0. The van der Waals surface area contributed by atoms with Crippen molar-refractivity contribution in [3.63, 3.8) is 0 Å². The molecular formula is C13H15B. The molecule has 70 valence electrons. The second kappa shape index (κ2) is 3.87. The van der Waals surface area contributed by atoms with Gasteiger partial charge < -0.3 is 0 Å². The Morgan fingerprint density at radius 1 is 1.07 bits per heavy atom. The maximum Gasteiger partial charge on any atom is 0.111 e. The fourth-order valence-corrected chi connectivity index (χ4v) is 1.90. The third-order valence-corrected chi connectivity index (χ3v) is 2.97. The highest BCUT2D eigenvalue weighted by molar-refractivity contribution is 6.13. The summed E-state index contributed by atoms with van der Waals surface area (Å²) in [6.45, 7) is 2.24. The van der Waals surface area contributed by atoms with E-state index in [-0.39, 0.29) is 0 Å². The summed E-state index contributed by atoms with van der Waals surface area (Å²) in [6, 6.07) is 15.2. The van der Waals surface area contributed by atoms with Crippen molar-refractivity contribution in [3.8, 4) is 0 Å². The lowest BCUT2D eigenvalue weighted by Gasteiger charge is -2.12. The molecule has 0 aliphatic heterocycles. The first-order chi connectivity index (χ1) is 6.83. The quantitative estimate of drug-likeness (QED) is 0.626. The van der Waals surface area contributed by atoms with Crippen molar-refractivity contribution in [1.29, 1.82) is 0 Å². The van der Waals surface area contributed by atoms with Crippen molar-refractivity contribution in [2.75, 3.05) is 0 Å². The van der Waals surface area contributed by atoms with Crippen molar-refractivity contribution >= 4 is 18.6 Å². The van der Waals surface area contributed by atoms with E-state index in [1.807, 2.05) is 0 Å². The molecule has 0 aliphatic carbocycles. The second-order valence-electron chi connectivity index (χ2n) is 3.88. The molecule has 0 saturated carbocycles. The molecule has 1 atom stereocenters. The molecule has 0 radical (unpaired) electrons. The van der Waals surface area contributed by atoms with Crippen molar-refractivity contribution < 1.29 is 0 Å². The summed E-state index contributed by atoms with van der Waals surface area (Å²) < 4.78 is 0. The SMILES string of the molecule is BC(CC)c1cccc2ccccc12. The largest absolute Gasteiger partial charge is 0.111 e. The summed E-state index contributed by atoms with van der Waals surface area (Å²) in [7, 11) is 2.29. The van der Waals surface area contributed by atoms with Crippen LogP contribution in [0.15, 0.2) is 42.5 Å². The highest BCUT2D eigenvalue weighted by atomic mass is 14.1. The average Bonchev–Trinajstić information content (AvgIpc) is 2.27. The lowest BCUT2D eigenvalue weighted by atomic mass is 9.77. The van der Waals surface area contributed by atoms with Crippen LogP contribution in [0, 0.1) is 0 Å². The first-order valence-electron chi connectivity index (χ1n) is 5.30. The molecule has 0 aromatic heterocycles. The maximum atomic E-state index is 2.29. The fourth-order valence-electron chi connectivity index (χ4n) is 1.90. The zero-order chi connectivity index (χ0) is 9.97. The van der Waals surface area contributed by atoms with Gasteiger partial charge in [0.1, 0.15) is 7.85 Å². The van der Waals surface area contributed by atoms with Gasteiger partial charge in [-0.05, 0) is 22.2 Å². The predicted molar refractivity (Wildman–Crippen MR) is 65.5 cm³/mol. The van der Waals surface area contributed by atoms with Gasteiger partial charge in [0.25, 0.3) is 0 Å². The van der Waals surface area contributed by atoms with Crippen LogP contribution >= 0.6 is 0 Å². The summed E-state index contributed by atoms with van der Waals surface area (Å²) >= 11 is 0. The van der Waals surface area contributed by atoms with Crippen LogP contribution in [0.4, 0.5) is 0 Å². The molecule has 0 bridgehead atoms. The Kier molecular flexibility index (Phi) is 2.58. The van der Waals surface area contributed by atoms with Crippen molar-refractivity contribution in [2.24, 2.45) is 0 Å². The number of rotatable bonds is 2. The standard InChI is InChI=1S/C13H15B/c1-2-13(14)12-9-5-7-10-6-3-4-8-11(10)12/h3-9,13H,2,14H2,1H3. The minimum Gasteiger partial charge on any atom is -0.0655 e. The zero-order valence-electron chi connectivity index (χ0n) is 8.83. The molecule has 1 unspecified atom stereocenters. The van der Waals surface area contributed by atoms with Crippen LogP contribution in [0.3, 0.4) is 0 Å². The molecule has 0 fully saturated rings. The van der Waals surface area contributed by atoms with E-state index in [0.29, 0.717) is 5.82 Å². The minimum atomic E-state index is 0.654. The Hall–Kier alpha value is -1.24. The van der Waals surface area contributed by atoms with E-state index < -0.39 is 0 Å². The second-order valence-corrected chi connectivity index (χ2v) is 3.88. The van der Waals surface area contributed by atoms with Gasteiger partial charge in [-0.3, -0.25) is 0 Å². The van der Waals surface area contributed by atoms with Crippen molar-refractivity contribution in [2.45, 2.75) is 19.2 Å². The van der Waals surface area contributed by atoms with Gasteiger partial charge in [0, 0.05) is 0 Å². The number of hydrogen-bond donors (Lipinski definition) is 0. The maximum absolute atomic E-state index is 2.29. The number of fused-ring (bicyclic) bond motifs is 1. The fraction of sp³-hybridized carbons (Fsp3) is 0.231. The molecule has 2 aromatic carbocycles. The smallest absolute Gasteiger partial charge is 0.0655 e. The van der Waals surface area contributed by atoms with Crippen molar-refractivity contribution in [3.05, 3.63) is 48.0 Å². The molecule has 2 aromatic rings. The van der Waals surface area contributed by atoms with Gasteiger partial charge in [-0.1, -0.05) is 55.8 Å². The molecule has 2 rings (SSSR count). The topological polar surface area (TPSA) is 0 Å². The van der Waals surface area contributed by atoms with Crippen LogP contribution in [0.2, 0.25) is 0 Å². The molecule has 0 amide bonds. The molecule has 1 heteroatoms. The van der Waals surface area contributed by atoms with Crippen LogP contribution in [0.25, 0.3) is 10.8 Å². The normalized spacial score (nSPS) is 12.9. The minimum absolute atomic E-state index is 0.654. The molecule has 0 saturated heterocycles. The number of hydrogen-bond acceptors (Lipinski definition) is 0. The molecule has 0 N–H and O–H groups in total. The van der Waals surface area contributed by atoms with E-state index in [9.17, 15) is 0 Å². The van der Waals surface area contributed by atoms with E-state index in [1.165, 1.54) is 22.8 Å². The van der Waals surface area contributed by atoms with Gasteiger partial charge in [-0.15, -0.1) is 0 Å². The van der Waals surface area contributed by atoms with Crippen LogP contribution < -0.4 is 0 Å². The first kappa shape index (κ1) is 9.33. The molecule has 0 heterocycles. The Bertz CT molecular complexity index is 429. The highest BCUT2D eigenvalue weighted by Gasteiger charge is 2.05. The Morgan fingerprint density at radius 2 is 1.79 bits per heavy atom. The third-order valence-electron chi connectivity index (χ3n) is 2.97. The molecule has 0 nitrogen and oxygen atoms in total. The summed E-state index contributed by atoms with van der Waals surface area (Å²) in [5, 5.41) is 2.76. The number of benzene rings is 2. The molecule has 14 heavy (non-hydrogen) atoms. The predicted octanol–water partition coefficient (Wildman–Crippen LogP) is 2.92. The average molecular weight is 182 g/mol. The zero-order valence-corrected chi connectivity index (χ0v) is 8.83. The summed E-state index contributed by atoms with van der Waals surface area (Å²) in [6.07, 6.45) is 1.20. The molecule has 0 spiro atoms. The van der Waals surface area contributed by atoms with Gasteiger partial charge in [-0.2, -0.15) is 0 Å². The van der Waals surface area contributed by atoms with Crippen LogP contribution in [-0.2, 0) is 0 Å². The first-order valence-corrected chi connectivity index (χ1v) is 5.30. The molecule has 0 aliphatic rings. The van der Waals surface area contributed by atoms with Crippen molar-refractivity contribution in [1.82, 2.24) is 0 Å². The lowest BCUT2D eigenvalue weighted by molar-refractivity contribution is 0.890. The van der Waals surface area contributed by atoms with E-state index in [2.05, 4.69) is 57.2 Å². The summed E-state index contributed by atoms with van der Waals surface area (Å²) in [5.41, 5.74) is 1.48. The highest BCUT2D eigenvalue weighted by Crippen LogP contribution is 2.25. The van der Waals surface area contributed by atoms with E-state index in [0.717, 1.165) is 0 Å². The van der Waals surface area contributed by atoms with E-state index in [1.54, 1.807) is 0 Å². The van der Waals surface area contributed by atoms with Crippen LogP contribution in [-0.4, -0.2) is 7.85 Å². The van der Waals surface area contributed by atoms with Gasteiger partial charge in [0.15, 0.2) is 0 Å². The van der Waals surface area contributed by atoms with E-state index in [4.69, 9.17) is 0 Å². The van der Waals surface area contributed by atoms with Crippen LogP contribution in [0.5, 0.6) is 0 Å². The van der Waals surface area contributed by atoms with Gasteiger partial charge in [0.05, 0.1) is 0 Å².